The van der Waals surface area contributed by atoms with Crippen LogP contribution < -0.4 is 0 Å². The molecule has 4 aliphatic rings. The molecule has 0 heterocycles. The van der Waals surface area contributed by atoms with E-state index in [-0.39, 0.29) is 10.0 Å². The molecule has 4 fully saturated rings. The first-order chi connectivity index (χ1) is 11.7. The van der Waals surface area contributed by atoms with Crippen LogP contribution in [0.4, 0.5) is 9.59 Å². The summed E-state index contributed by atoms with van der Waals surface area (Å²) < 4.78 is 11.2. The molecule has 5 heteroatoms. The van der Waals surface area contributed by atoms with Gasteiger partial charge in [-0.05, 0) is 78.6 Å². The number of nitrogens with zero attached hydrogens (tertiary/aromatic N) is 1. The summed E-state index contributed by atoms with van der Waals surface area (Å²) in [7, 11) is 1.75. The Bertz CT molecular complexity index is 533. The molecule has 0 atom stereocenters. The molecule has 0 saturated heterocycles. The lowest BCUT2D eigenvalue weighted by Crippen LogP contribution is -2.73. The van der Waals surface area contributed by atoms with Gasteiger partial charge >= 0.3 is 12.2 Å². The van der Waals surface area contributed by atoms with Crippen molar-refractivity contribution in [3.63, 3.8) is 0 Å². The van der Waals surface area contributed by atoms with Gasteiger partial charge in [0.25, 0.3) is 0 Å². The maximum absolute atomic E-state index is 13.4. The monoisotopic (exact) mass is 366 g/mol. The largest absolute Gasteiger partial charge is 0.527 e. The van der Waals surface area contributed by atoms with Crippen molar-refractivity contribution < 1.29 is 23.5 Å². The van der Waals surface area contributed by atoms with E-state index in [1.807, 2.05) is 41.5 Å². The smallest absolute Gasteiger partial charge is 0.414 e. The van der Waals surface area contributed by atoms with Crippen LogP contribution in [-0.4, -0.2) is 40.5 Å². The Morgan fingerprint density at radius 2 is 1.08 bits per heavy atom. The van der Waals surface area contributed by atoms with E-state index in [4.69, 9.17) is 9.47 Å². The lowest BCUT2D eigenvalue weighted by molar-refractivity contribution is -0.833. The van der Waals surface area contributed by atoms with Crippen molar-refractivity contribution in [2.45, 2.75) is 96.8 Å². The van der Waals surface area contributed by atoms with Crippen LogP contribution >= 0.6 is 0 Å². The Balaban J connectivity index is 2.00. The Morgan fingerprint density at radius 3 is 1.35 bits per heavy atom. The summed E-state index contributed by atoms with van der Waals surface area (Å²) in [5.74, 6) is 1.88. The van der Waals surface area contributed by atoms with Gasteiger partial charge in [-0.15, -0.1) is 4.48 Å². The molecule has 5 nitrogen and oxygen atoms in total. The number of amides is 2. The van der Waals surface area contributed by atoms with E-state index in [1.165, 1.54) is 19.3 Å². The molecule has 0 aromatic carbocycles. The van der Waals surface area contributed by atoms with E-state index < -0.39 is 23.4 Å². The first kappa shape index (κ1) is 19.7. The van der Waals surface area contributed by atoms with Crippen molar-refractivity contribution in [3.05, 3.63) is 0 Å². The topological polar surface area (TPSA) is 52.6 Å². The Labute approximate surface area is 158 Å². The molecule has 2 amide bonds. The second-order valence-corrected chi connectivity index (χ2v) is 11.1. The van der Waals surface area contributed by atoms with Gasteiger partial charge in [-0.25, -0.2) is 0 Å². The van der Waals surface area contributed by atoms with E-state index in [0.29, 0.717) is 17.8 Å². The standard InChI is InChI=1S/C21H36NO4/c1-19(2,3)25-17(23)22(7,18(24)26-20(4,5)6)21-11-14-8-15(12-21)10-16(9-14)13-21/h14-16H,8-13H2,1-7H3/q+1. The van der Waals surface area contributed by atoms with Crippen molar-refractivity contribution in [3.8, 4) is 0 Å². The van der Waals surface area contributed by atoms with Gasteiger partial charge in [-0.3, -0.25) is 0 Å². The number of imide groups is 1. The number of hydrogen-bond donors (Lipinski definition) is 0. The predicted octanol–water partition coefficient (Wildman–Crippen LogP) is 5.27. The highest BCUT2D eigenvalue weighted by Crippen LogP contribution is 2.60. The summed E-state index contributed by atoms with van der Waals surface area (Å²) >= 11 is 0. The fraction of sp³-hybridized carbons (Fsp3) is 0.905. The summed E-state index contributed by atoms with van der Waals surface area (Å²) in [6.45, 7) is 11.1. The van der Waals surface area contributed by atoms with Gasteiger partial charge in [0.05, 0.1) is 7.05 Å². The van der Waals surface area contributed by atoms with Gasteiger partial charge in [-0.2, -0.15) is 9.59 Å². The van der Waals surface area contributed by atoms with Crippen molar-refractivity contribution in [1.29, 1.82) is 0 Å². The lowest BCUT2D eigenvalue weighted by Gasteiger charge is -2.59. The van der Waals surface area contributed by atoms with Gasteiger partial charge < -0.3 is 9.47 Å². The van der Waals surface area contributed by atoms with E-state index in [2.05, 4.69) is 0 Å². The molecule has 148 valence electrons. The van der Waals surface area contributed by atoms with Crippen LogP contribution in [0.2, 0.25) is 0 Å². The number of hydrogen-bond acceptors (Lipinski definition) is 4. The highest BCUT2D eigenvalue weighted by Gasteiger charge is 2.68. The predicted molar refractivity (Wildman–Crippen MR) is 99.6 cm³/mol. The zero-order valence-electron chi connectivity index (χ0n) is 17.6. The molecule has 0 radical (unpaired) electrons. The van der Waals surface area contributed by atoms with Crippen molar-refractivity contribution >= 4 is 12.2 Å². The van der Waals surface area contributed by atoms with Gasteiger partial charge in [0.1, 0.15) is 16.7 Å². The minimum atomic E-state index is -0.638. The number of quaternary nitrogens is 1. The minimum absolute atomic E-state index is 0.370. The molecule has 0 aromatic heterocycles. The molecule has 0 N–H and O–H groups in total. The normalized spacial score (nSPS) is 33.9. The molecule has 0 spiro atoms. The molecule has 0 aromatic rings. The van der Waals surface area contributed by atoms with Gasteiger partial charge in [-0.1, -0.05) is 0 Å². The van der Waals surface area contributed by atoms with E-state index in [1.54, 1.807) is 7.05 Å². The van der Waals surface area contributed by atoms with Crippen molar-refractivity contribution in [2.24, 2.45) is 17.8 Å². The number of carbonyl (C=O) groups excluding carboxylic acids is 2. The Kier molecular flexibility index (Phi) is 4.50. The van der Waals surface area contributed by atoms with E-state index in [0.717, 1.165) is 19.3 Å². The maximum Gasteiger partial charge on any atom is 0.527 e. The number of ether oxygens (including phenoxy) is 2. The molecular formula is C21H36NO4+. The Morgan fingerprint density at radius 1 is 0.769 bits per heavy atom. The van der Waals surface area contributed by atoms with Crippen LogP contribution in [0, 0.1) is 17.8 Å². The third kappa shape index (κ3) is 3.39. The van der Waals surface area contributed by atoms with Crippen LogP contribution in [0.3, 0.4) is 0 Å². The highest BCUT2D eigenvalue weighted by molar-refractivity contribution is 5.77. The lowest BCUT2D eigenvalue weighted by atomic mass is 9.52. The first-order valence-electron chi connectivity index (χ1n) is 10.1. The molecule has 4 bridgehead atoms. The minimum Gasteiger partial charge on any atom is -0.414 e. The number of rotatable bonds is 1. The molecule has 4 saturated carbocycles. The van der Waals surface area contributed by atoms with E-state index in [9.17, 15) is 9.59 Å². The molecule has 26 heavy (non-hydrogen) atoms. The fourth-order valence-corrected chi connectivity index (χ4v) is 5.78. The first-order valence-corrected chi connectivity index (χ1v) is 10.1. The quantitative estimate of drug-likeness (QED) is 0.593. The average Bonchev–Trinajstić information content (AvgIpc) is 2.40. The van der Waals surface area contributed by atoms with Crippen LogP contribution in [0.15, 0.2) is 0 Å². The third-order valence-corrected chi connectivity index (χ3v) is 6.47. The maximum atomic E-state index is 13.4. The van der Waals surface area contributed by atoms with Gasteiger partial charge in [0.15, 0.2) is 0 Å². The second-order valence-electron chi connectivity index (χ2n) is 11.1. The highest BCUT2D eigenvalue weighted by atomic mass is 16.6. The average molecular weight is 367 g/mol. The summed E-state index contributed by atoms with van der Waals surface area (Å²) in [4.78, 5) is 26.7. The zero-order valence-corrected chi connectivity index (χ0v) is 17.6. The molecular weight excluding hydrogens is 330 g/mol. The molecule has 4 rings (SSSR count). The molecule has 4 aliphatic carbocycles. The van der Waals surface area contributed by atoms with Gasteiger partial charge in [0, 0.05) is 19.3 Å². The van der Waals surface area contributed by atoms with Crippen LogP contribution in [0.1, 0.15) is 80.1 Å². The van der Waals surface area contributed by atoms with Crippen LogP contribution in [-0.2, 0) is 9.47 Å². The zero-order chi connectivity index (χ0) is 19.5. The second kappa shape index (κ2) is 5.95. The van der Waals surface area contributed by atoms with Crippen molar-refractivity contribution in [1.82, 2.24) is 0 Å². The molecule has 0 unspecified atom stereocenters. The van der Waals surface area contributed by atoms with Crippen LogP contribution in [0.25, 0.3) is 0 Å². The summed E-state index contributed by atoms with van der Waals surface area (Å²) in [6.07, 6.45) is 5.60. The van der Waals surface area contributed by atoms with E-state index >= 15 is 0 Å². The third-order valence-electron chi connectivity index (χ3n) is 6.47. The van der Waals surface area contributed by atoms with Gasteiger partial charge in [0.2, 0.25) is 0 Å². The van der Waals surface area contributed by atoms with Crippen molar-refractivity contribution in [2.75, 3.05) is 7.05 Å². The Hall–Kier alpha value is -1.10. The summed E-state index contributed by atoms with van der Waals surface area (Å²) in [5, 5.41) is 0. The SMILES string of the molecule is CC(C)(C)OC(=O)[N+](C)(C(=O)OC(C)(C)C)C12CC3CC(CC(C3)C1)C2. The van der Waals surface area contributed by atoms with Crippen LogP contribution in [0.5, 0.6) is 0 Å². The molecule has 0 aliphatic heterocycles. The summed E-state index contributed by atoms with van der Waals surface area (Å²) in [6, 6.07) is 0. The fourth-order valence-electron chi connectivity index (χ4n) is 5.78. The number of carbonyl (C=O) groups is 2. The summed E-state index contributed by atoms with van der Waals surface area (Å²) in [5.41, 5.74) is -1.65.